The van der Waals surface area contributed by atoms with Crippen LogP contribution in [0.4, 0.5) is 13.2 Å². The van der Waals surface area contributed by atoms with Gasteiger partial charge in [-0.3, -0.25) is 4.79 Å². The Labute approximate surface area is 123 Å². The van der Waals surface area contributed by atoms with Gasteiger partial charge in [0.1, 0.15) is 0 Å². The Hall–Kier alpha value is -0.820. The minimum absolute atomic E-state index is 0.0156. The average Bonchev–Trinajstić information content (AvgIpc) is 2.91. The lowest BCUT2D eigenvalue weighted by Gasteiger charge is -2.33. The third-order valence-corrected chi connectivity index (χ3v) is 4.13. The summed E-state index contributed by atoms with van der Waals surface area (Å²) in [5.41, 5.74) is 0. The lowest BCUT2D eigenvalue weighted by molar-refractivity contribution is -0.144. The van der Waals surface area contributed by atoms with Crippen molar-refractivity contribution in [3.63, 3.8) is 0 Å². The fraction of sp³-hybridized carbons (Fsp3) is 0.929. The minimum atomic E-state index is -4.26. The van der Waals surface area contributed by atoms with E-state index in [9.17, 15) is 18.0 Å². The fourth-order valence-electron chi connectivity index (χ4n) is 2.91. The zero-order chi connectivity index (χ0) is 15.3. The third kappa shape index (κ3) is 6.22. The summed E-state index contributed by atoms with van der Waals surface area (Å²) in [5.74, 6) is 0.109. The van der Waals surface area contributed by atoms with Gasteiger partial charge in [-0.25, -0.2) is 0 Å². The second kappa shape index (κ2) is 7.45. The fourth-order valence-corrected chi connectivity index (χ4v) is 2.91. The first-order valence-electron chi connectivity index (χ1n) is 7.58. The zero-order valence-electron chi connectivity index (χ0n) is 12.1. The molecule has 2 rings (SSSR count). The first-order chi connectivity index (χ1) is 9.92. The number of ether oxygens (including phenoxy) is 1. The third-order valence-electron chi connectivity index (χ3n) is 4.13. The van der Waals surface area contributed by atoms with Crippen LogP contribution in [0.3, 0.4) is 0 Å². The molecule has 1 atom stereocenters. The predicted octanol–water partition coefficient (Wildman–Crippen LogP) is 1.95. The molecule has 2 fully saturated rings. The Balaban J connectivity index is 1.61. The van der Waals surface area contributed by atoms with Crippen LogP contribution in [0.2, 0.25) is 0 Å². The molecule has 0 aromatic rings. The molecule has 7 heteroatoms. The standard InChI is InChI=1S/C14H23F3N2O2/c15-14(16,17)5-1-13(20)18-12-2-6-19(7-3-12)9-11-4-8-21-10-11/h11-12H,1-10H2,(H,18,20). The molecule has 0 aromatic heterocycles. The van der Waals surface area contributed by atoms with Crippen LogP contribution in [0, 0.1) is 5.92 Å². The van der Waals surface area contributed by atoms with Crippen molar-refractivity contribution < 1.29 is 22.7 Å². The molecule has 0 bridgehead atoms. The van der Waals surface area contributed by atoms with E-state index >= 15 is 0 Å². The number of rotatable bonds is 5. The summed E-state index contributed by atoms with van der Waals surface area (Å²) in [6.45, 7) is 4.47. The van der Waals surface area contributed by atoms with Crippen molar-refractivity contribution in [3.05, 3.63) is 0 Å². The molecule has 2 aliphatic rings. The van der Waals surface area contributed by atoms with E-state index in [0.29, 0.717) is 5.92 Å². The summed E-state index contributed by atoms with van der Waals surface area (Å²) in [6, 6.07) is 0.0156. The number of carbonyl (C=O) groups excluding carboxylic acids is 1. The van der Waals surface area contributed by atoms with Crippen LogP contribution >= 0.6 is 0 Å². The number of hydrogen-bond acceptors (Lipinski definition) is 3. The molecule has 1 N–H and O–H groups in total. The number of piperidine rings is 1. The normalized spacial score (nSPS) is 25.2. The van der Waals surface area contributed by atoms with Crippen LogP contribution in [0.25, 0.3) is 0 Å². The summed E-state index contributed by atoms with van der Waals surface area (Å²) < 4.78 is 41.5. The molecular formula is C14H23F3N2O2. The highest BCUT2D eigenvalue weighted by Gasteiger charge is 2.29. The maximum absolute atomic E-state index is 12.0. The lowest BCUT2D eigenvalue weighted by atomic mass is 10.0. The number of alkyl halides is 3. The molecule has 1 amide bonds. The molecule has 0 saturated carbocycles. The minimum Gasteiger partial charge on any atom is -0.381 e. The second-order valence-corrected chi connectivity index (χ2v) is 5.99. The Morgan fingerprint density at radius 3 is 2.52 bits per heavy atom. The van der Waals surface area contributed by atoms with Gasteiger partial charge in [0, 0.05) is 38.7 Å². The summed E-state index contributed by atoms with van der Waals surface area (Å²) in [6.07, 6.45) is -3.04. The SMILES string of the molecule is O=C(CCC(F)(F)F)NC1CCN(CC2CCOC2)CC1. The second-order valence-electron chi connectivity index (χ2n) is 5.99. The van der Waals surface area contributed by atoms with Crippen LogP contribution in [0.1, 0.15) is 32.1 Å². The topological polar surface area (TPSA) is 41.6 Å². The van der Waals surface area contributed by atoms with E-state index in [1.807, 2.05) is 0 Å². The maximum Gasteiger partial charge on any atom is 0.389 e. The van der Waals surface area contributed by atoms with Crippen molar-refractivity contribution in [2.45, 2.75) is 44.3 Å². The molecule has 2 heterocycles. The zero-order valence-corrected chi connectivity index (χ0v) is 12.1. The first-order valence-corrected chi connectivity index (χ1v) is 7.58. The van der Waals surface area contributed by atoms with Gasteiger partial charge < -0.3 is 15.0 Å². The Kier molecular flexibility index (Phi) is 5.87. The summed E-state index contributed by atoms with van der Waals surface area (Å²) in [5, 5.41) is 2.72. The average molecular weight is 308 g/mol. The van der Waals surface area contributed by atoms with Crippen molar-refractivity contribution in [2.24, 2.45) is 5.92 Å². The number of amides is 1. The molecule has 0 radical (unpaired) electrons. The van der Waals surface area contributed by atoms with Gasteiger partial charge in [0.25, 0.3) is 0 Å². The maximum atomic E-state index is 12.0. The molecule has 122 valence electrons. The highest BCUT2D eigenvalue weighted by molar-refractivity contribution is 5.76. The molecule has 4 nitrogen and oxygen atoms in total. The van der Waals surface area contributed by atoms with Crippen molar-refractivity contribution in [1.82, 2.24) is 10.2 Å². The van der Waals surface area contributed by atoms with E-state index < -0.39 is 24.9 Å². The number of nitrogens with one attached hydrogen (secondary N) is 1. The quantitative estimate of drug-likeness (QED) is 0.844. The van der Waals surface area contributed by atoms with E-state index in [2.05, 4.69) is 10.2 Å². The highest BCUT2D eigenvalue weighted by Crippen LogP contribution is 2.21. The van der Waals surface area contributed by atoms with Crippen LogP contribution in [0.15, 0.2) is 0 Å². The van der Waals surface area contributed by atoms with Gasteiger partial charge in [-0.05, 0) is 25.2 Å². The molecule has 0 spiro atoms. The number of hydrogen-bond donors (Lipinski definition) is 1. The Morgan fingerprint density at radius 2 is 1.95 bits per heavy atom. The molecule has 0 aromatic carbocycles. The molecule has 2 saturated heterocycles. The van der Waals surface area contributed by atoms with Gasteiger partial charge in [-0.15, -0.1) is 0 Å². The predicted molar refractivity (Wildman–Crippen MR) is 71.8 cm³/mol. The van der Waals surface area contributed by atoms with E-state index in [0.717, 1.165) is 52.1 Å². The van der Waals surface area contributed by atoms with Gasteiger partial charge in [0.15, 0.2) is 0 Å². The van der Waals surface area contributed by atoms with Crippen LogP contribution in [-0.2, 0) is 9.53 Å². The Morgan fingerprint density at radius 1 is 1.24 bits per heavy atom. The van der Waals surface area contributed by atoms with E-state index in [-0.39, 0.29) is 6.04 Å². The van der Waals surface area contributed by atoms with Crippen molar-refractivity contribution in [2.75, 3.05) is 32.8 Å². The van der Waals surface area contributed by atoms with Crippen LogP contribution in [-0.4, -0.2) is 55.9 Å². The van der Waals surface area contributed by atoms with E-state index in [1.165, 1.54) is 0 Å². The van der Waals surface area contributed by atoms with E-state index in [4.69, 9.17) is 4.74 Å². The van der Waals surface area contributed by atoms with Crippen molar-refractivity contribution in [3.8, 4) is 0 Å². The van der Waals surface area contributed by atoms with Gasteiger partial charge in [0.2, 0.25) is 5.91 Å². The lowest BCUT2D eigenvalue weighted by Crippen LogP contribution is -2.46. The van der Waals surface area contributed by atoms with Crippen molar-refractivity contribution in [1.29, 1.82) is 0 Å². The van der Waals surface area contributed by atoms with Gasteiger partial charge in [0.05, 0.1) is 13.0 Å². The molecule has 1 unspecified atom stereocenters. The summed E-state index contributed by atoms with van der Waals surface area (Å²) in [7, 11) is 0. The van der Waals surface area contributed by atoms with Crippen LogP contribution in [0.5, 0.6) is 0 Å². The van der Waals surface area contributed by atoms with E-state index in [1.54, 1.807) is 0 Å². The molecule has 2 aliphatic heterocycles. The summed E-state index contributed by atoms with van der Waals surface area (Å²) >= 11 is 0. The molecule has 21 heavy (non-hydrogen) atoms. The monoisotopic (exact) mass is 308 g/mol. The first kappa shape index (κ1) is 16.5. The molecular weight excluding hydrogens is 285 g/mol. The number of nitrogens with zero attached hydrogens (tertiary/aromatic N) is 1. The molecule has 0 aliphatic carbocycles. The number of halogens is 3. The van der Waals surface area contributed by atoms with Crippen LogP contribution < -0.4 is 5.32 Å². The van der Waals surface area contributed by atoms with Crippen molar-refractivity contribution >= 4 is 5.91 Å². The number of carbonyl (C=O) groups is 1. The highest BCUT2D eigenvalue weighted by atomic mass is 19.4. The summed E-state index contributed by atoms with van der Waals surface area (Å²) in [4.78, 5) is 13.8. The largest absolute Gasteiger partial charge is 0.389 e. The Bertz CT molecular complexity index is 336. The van der Waals surface area contributed by atoms with Gasteiger partial charge >= 0.3 is 6.18 Å². The smallest absolute Gasteiger partial charge is 0.381 e. The van der Waals surface area contributed by atoms with Gasteiger partial charge in [-0.2, -0.15) is 13.2 Å². The van der Waals surface area contributed by atoms with Gasteiger partial charge in [-0.1, -0.05) is 0 Å². The number of likely N-dealkylation sites (tertiary alicyclic amines) is 1.